The second kappa shape index (κ2) is 6.84. The summed E-state index contributed by atoms with van der Waals surface area (Å²) in [6.45, 7) is 3.07. The van der Waals surface area contributed by atoms with Gasteiger partial charge in [0.2, 0.25) is 0 Å². The van der Waals surface area contributed by atoms with Crippen LogP contribution >= 0.6 is 11.6 Å². The summed E-state index contributed by atoms with van der Waals surface area (Å²) >= 11 is 5.94. The molecule has 3 aromatic carbocycles. The lowest BCUT2D eigenvalue weighted by Gasteiger charge is -2.20. The fraction of sp³-hybridized carbons (Fsp3) is 0.238. The molecule has 3 aromatic rings. The van der Waals surface area contributed by atoms with E-state index in [2.05, 4.69) is 64.8 Å². The van der Waals surface area contributed by atoms with Crippen molar-refractivity contribution < 1.29 is 0 Å². The summed E-state index contributed by atoms with van der Waals surface area (Å²) in [6, 6.07) is 23.9. The number of nitrogens with one attached hydrogen (secondary N) is 1. The van der Waals surface area contributed by atoms with Crippen LogP contribution in [0.25, 0.3) is 10.8 Å². The Morgan fingerprint density at radius 1 is 0.958 bits per heavy atom. The molecular formula is C21H21ClN2. The summed E-state index contributed by atoms with van der Waals surface area (Å²) < 4.78 is 0. The molecule has 0 amide bonds. The third-order valence-corrected chi connectivity index (χ3v) is 5.05. The maximum atomic E-state index is 5.94. The number of rotatable bonds is 4. The minimum Gasteiger partial charge on any atom is -0.370 e. The van der Waals surface area contributed by atoms with Gasteiger partial charge < -0.3 is 10.2 Å². The van der Waals surface area contributed by atoms with Crippen LogP contribution in [-0.2, 0) is 6.54 Å². The van der Waals surface area contributed by atoms with E-state index in [1.807, 2.05) is 12.1 Å². The Morgan fingerprint density at radius 2 is 1.75 bits per heavy atom. The topological polar surface area (TPSA) is 15.3 Å². The molecule has 2 nitrogen and oxygen atoms in total. The second-order valence-corrected chi connectivity index (χ2v) is 6.91. The SMILES string of the molecule is Clc1ccc(CNC2CCN(c3ccc4ccccc4c3)C2)cc1. The van der Waals surface area contributed by atoms with Gasteiger partial charge in [-0.25, -0.2) is 0 Å². The molecule has 0 saturated carbocycles. The Kier molecular flexibility index (Phi) is 4.42. The van der Waals surface area contributed by atoms with Crippen LogP contribution in [-0.4, -0.2) is 19.1 Å². The number of benzene rings is 3. The van der Waals surface area contributed by atoms with Crippen molar-refractivity contribution in [2.45, 2.75) is 19.0 Å². The highest BCUT2D eigenvalue weighted by molar-refractivity contribution is 6.30. The third kappa shape index (κ3) is 3.40. The van der Waals surface area contributed by atoms with Crippen molar-refractivity contribution in [2.24, 2.45) is 0 Å². The van der Waals surface area contributed by atoms with Gasteiger partial charge in [-0.15, -0.1) is 0 Å². The molecule has 0 radical (unpaired) electrons. The highest BCUT2D eigenvalue weighted by Crippen LogP contribution is 2.25. The lowest BCUT2D eigenvalue weighted by Crippen LogP contribution is -2.32. The standard InChI is InChI=1S/C21H21ClN2/c22-19-8-5-16(6-9-19)14-23-20-11-12-24(15-20)21-10-7-17-3-1-2-4-18(17)13-21/h1-10,13,20,23H,11-12,14-15H2. The molecule has 1 saturated heterocycles. The molecule has 1 atom stereocenters. The van der Waals surface area contributed by atoms with Gasteiger partial charge in [-0.05, 0) is 47.0 Å². The molecule has 4 rings (SSSR count). The zero-order valence-corrected chi connectivity index (χ0v) is 14.3. The van der Waals surface area contributed by atoms with Gasteiger partial charge in [0.25, 0.3) is 0 Å². The van der Waals surface area contributed by atoms with E-state index in [9.17, 15) is 0 Å². The van der Waals surface area contributed by atoms with E-state index in [1.165, 1.54) is 28.4 Å². The summed E-state index contributed by atoms with van der Waals surface area (Å²) in [7, 11) is 0. The van der Waals surface area contributed by atoms with Crippen molar-refractivity contribution in [1.82, 2.24) is 5.32 Å². The minimum absolute atomic E-state index is 0.534. The van der Waals surface area contributed by atoms with E-state index >= 15 is 0 Å². The Bertz CT molecular complexity index is 829. The molecule has 1 heterocycles. The predicted molar refractivity (Wildman–Crippen MR) is 103 cm³/mol. The third-order valence-electron chi connectivity index (χ3n) is 4.79. The van der Waals surface area contributed by atoms with Crippen molar-refractivity contribution in [3.63, 3.8) is 0 Å². The summed E-state index contributed by atoms with van der Waals surface area (Å²) in [5, 5.41) is 7.08. The molecular weight excluding hydrogens is 316 g/mol. The molecule has 3 heteroatoms. The van der Waals surface area contributed by atoms with E-state index in [1.54, 1.807) is 0 Å². The molecule has 0 aromatic heterocycles. The van der Waals surface area contributed by atoms with Gasteiger partial charge >= 0.3 is 0 Å². The second-order valence-electron chi connectivity index (χ2n) is 6.47. The lowest BCUT2D eigenvalue weighted by atomic mass is 10.1. The quantitative estimate of drug-likeness (QED) is 0.731. The first-order valence-electron chi connectivity index (χ1n) is 8.49. The van der Waals surface area contributed by atoms with E-state index in [0.717, 1.165) is 24.7 Å². The Balaban J connectivity index is 1.39. The maximum Gasteiger partial charge on any atom is 0.0406 e. The Labute approximate surface area is 148 Å². The molecule has 1 aliphatic heterocycles. The van der Waals surface area contributed by atoms with Crippen LogP contribution in [0.3, 0.4) is 0 Å². The van der Waals surface area contributed by atoms with Gasteiger partial charge in [-0.3, -0.25) is 0 Å². The molecule has 0 spiro atoms. The van der Waals surface area contributed by atoms with Crippen LogP contribution in [0.15, 0.2) is 66.7 Å². The molecule has 24 heavy (non-hydrogen) atoms. The lowest BCUT2D eigenvalue weighted by molar-refractivity contribution is 0.551. The van der Waals surface area contributed by atoms with Crippen molar-refractivity contribution in [2.75, 3.05) is 18.0 Å². The van der Waals surface area contributed by atoms with Gasteiger partial charge in [0.1, 0.15) is 0 Å². The molecule has 1 aliphatic rings. The van der Waals surface area contributed by atoms with Gasteiger partial charge in [-0.2, -0.15) is 0 Å². The molecule has 0 aliphatic carbocycles. The van der Waals surface area contributed by atoms with Crippen molar-refractivity contribution in [1.29, 1.82) is 0 Å². The van der Waals surface area contributed by atoms with Gasteiger partial charge in [0.15, 0.2) is 0 Å². The highest BCUT2D eigenvalue weighted by Gasteiger charge is 2.22. The Hall–Kier alpha value is -2.03. The summed E-state index contributed by atoms with van der Waals surface area (Å²) in [6.07, 6.45) is 1.18. The Morgan fingerprint density at radius 3 is 2.58 bits per heavy atom. The van der Waals surface area contributed by atoms with Gasteiger partial charge in [-0.1, -0.05) is 54.1 Å². The number of fused-ring (bicyclic) bond motifs is 1. The van der Waals surface area contributed by atoms with Crippen LogP contribution in [0.1, 0.15) is 12.0 Å². The van der Waals surface area contributed by atoms with Crippen LogP contribution in [0, 0.1) is 0 Å². The van der Waals surface area contributed by atoms with Gasteiger partial charge in [0.05, 0.1) is 0 Å². The maximum absolute atomic E-state index is 5.94. The zero-order valence-electron chi connectivity index (χ0n) is 13.6. The average molecular weight is 337 g/mol. The first-order valence-corrected chi connectivity index (χ1v) is 8.87. The van der Waals surface area contributed by atoms with Crippen LogP contribution in [0.4, 0.5) is 5.69 Å². The zero-order chi connectivity index (χ0) is 16.4. The van der Waals surface area contributed by atoms with Crippen molar-refractivity contribution in [3.05, 3.63) is 77.3 Å². The van der Waals surface area contributed by atoms with E-state index in [4.69, 9.17) is 11.6 Å². The monoisotopic (exact) mass is 336 g/mol. The predicted octanol–water partition coefficient (Wildman–Crippen LogP) is 4.86. The minimum atomic E-state index is 0.534. The molecule has 0 bridgehead atoms. The molecule has 1 unspecified atom stereocenters. The van der Waals surface area contributed by atoms with E-state index in [-0.39, 0.29) is 0 Å². The van der Waals surface area contributed by atoms with Crippen molar-refractivity contribution >= 4 is 28.1 Å². The fourth-order valence-corrected chi connectivity index (χ4v) is 3.53. The van der Waals surface area contributed by atoms with E-state index in [0.29, 0.717) is 6.04 Å². The summed E-state index contributed by atoms with van der Waals surface area (Å²) in [5.41, 5.74) is 2.60. The smallest absolute Gasteiger partial charge is 0.0406 e. The molecule has 1 N–H and O–H groups in total. The van der Waals surface area contributed by atoms with Gasteiger partial charge in [0, 0.05) is 36.4 Å². The average Bonchev–Trinajstić information content (AvgIpc) is 3.10. The van der Waals surface area contributed by atoms with E-state index < -0.39 is 0 Å². The largest absolute Gasteiger partial charge is 0.370 e. The fourth-order valence-electron chi connectivity index (χ4n) is 3.40. The summed E-state index contributed by atoms with van der Waals surface area (Å²) in [4.78, 5) is 2.48. The normalized spacial score (nSPS) is 17.5. The van der Waals surface area contributed by atoms with Crippen molar-refractivity contribution in [3.8, 4) is 0 Å². The number of hydrogen-bond acceptors (Lipinski definition) is 2. The molecule has 122 valence electrons. The molecule has 1 fully saturated rings. The highest BCUT2D eigenvalue weighted by atomic mass is 35.5. The number of nitrogens with zero attached hydrogens (tertiary/aromatic N) is 1. The summed E-state index contributed by atoms with van der Waals surface area (Å²) in [5.74, 6) is 0. The number of anilines is 1. The number of hydrogen-bond donors (Lipinski definition) is 1. The van der Waals surface area contributed by atoms with Crippen LogP contribution in [0.5, 0.6) is 0 Å². The van der Waals surface area contributed by atoms with Crippen LogP contribution < -0.4 is 10.2 Å². The first-order chi connectivity index (χ1) is 11.8. The number of halogens is 1. The van der Waals surface area contributed by atoms with Crippen LogP contribution in [0.2, 0.25) is 5.02 Å². The first kappa shape index (κ1) is 15.5.